The number of rotatable bonds is 8. The van der Waals surface area contributed by atoms with Gasteiger partial charge in [-0.25, -0.2) is 14.8 Å². The quantitative estimate of drug-likeness (QED) is 0.162. The molecule has 5 heterocycles. The molecule has 37 heavy (non-hydrogen) atoms. The van der Waals surface area contributed by atoms with Crippen LogP contribution in [0.3, 0.4) is 0 Å². The maximum Gasteiger partial charge on any atom is 0.352 e. The molecule has 1 unspecified atom stereocenters. The molecule has 0 spiro atoms. The van der Waals surface area contributed by atoms with E-state index in [1.54, 1.807) is 18.3 Å². The van der Waals surface area contributed by atoms with Crippen LogP contribution in [0.1, 0.15) is 12.5 Å². The van der Waals surface area contributed by atoms with E-state index in [0.717, 1.165) is 10.2 Å². The van der Waals surface area contributed by atoms with E-state index in [1.807, 2.05) is 34.3 Å². The number of carbonyl (C=O) groups is 3. The van der Waals surface area contributed by atoms with Crippen LogP contribution in [0.25, 0.3) is 10.2 Å². The number of hydrogen-bond donors (Lipinski definition) is 3. The van der Waals surface area contributed by atoms with E-state index in [4.69, 9.17) is 10.6 Å². The van der Waals surface area contributed by atoms with Gasteiger partial charge in [0.2, 0.25) is 11.5 Å². The van der Waals surface area contributed by atoms with Crippen LogP contribution in [-0.4, -0.2) is 67.2 Å². The number of carboxylic acids is 1. The van der Waals surface area contributed by atoms with Crippen molar-refractivity contribution >= 4 is 62.8 Å². The van der Waals surface area contributed by atoms with Gasteiger partial charge < -0.3 is 21.0 Å². The largest absolute Gasteiger partial charge is 0.477 e. The number of pyridine rings is 1. The first-order valence-electron chi connectivity index (χ1n) is 11.2. The van der Waals surface area contributed by atoms with E-state index >= 15 is 0 Å². The minimum absolute atomic E-state index is 0.0283. The molecule has 0 aromatic carbocycles. The van der Waals surface area contributed by atoms with E-state index in [1.165, 1.54) is 29.1 Å². The van der Waals surface area contributed by atoms with Crippen molar-refractivity contribution in [1.82, 2.24) is 20.2 Å². The Hall–Kier alpha value is -4.04. The molecule has 5 rings (SSSR count). The van der Waals surface area contributed by atoms with Crippen molar-refractivity contribution in [2.24, 2.45) is 5.16 Å². The average molecular weight is 541 g/mol. The molecular weight excluding hydrogens is 518 g/mol. The van der Waals surface area contributed by atoms with Gasteiger partial charge in [0, 0.05) is 41.4 Å². The number of aromatic nitrogens is 3. The molecule has 1 fully saturated rings. The first-order chi connectivity index (χ1) is 17.9. The minimum atomic E-state index is -1.19. The van der Waals surface area contributed by atoms with Gasteiger partial charge in [0.15, 0.2) is 18.5 Å². The summed E-state index contributed by atoms with van der Waals surface area (Å²) in [4.78, 5) is 52.5. The smallest absolute Gasteiger partial charge is 0.352 e. The lowest BCUT2D eigenvalue weighted by Crippen LogP contribution is -2.71. The molecule has 2 aliphatic rings. The van der Waals surface area contributed by atoms with Gasteiger partial charge in [-0.1, -0.05) is 5.16 Å². The second-order valence-corrected chi connectivity index (χ2v) is 10.2. The third kappa shape index (κ3) is 4.60. The summed E-state index contributed by atoms with van der Waals surface area (Å²) >= 11 is 3.00. The first kappa shape index (κ1) is 24.6. The Bertz CT molecular complexity index is 1450. The zero-order valence-electron chi connectivity index (χ0n) is 19.5. The topological polar surface area (TPSA) is 164 Å². The fraction of sp³-hybridized carbons (Fsp3) is 0.261. The molecule has 1 saturated heterocycles. The molecule has 2 aliphatic heterocycles. The Labute approximate surface area is 218 Å². The Balaban J connectivity index is 1.37. The van der Waals surface area contributed by atoms with Gasteiger partial charge in [0.25, 0.3) is 11.8 Å². The molecule has 0 bridgehead atoms. The first-order valence-corrected chi connectivity index (χ1v) is 13.2. The summed E-state index contributed by atoms with van der Waals surface area (Å²) in [5, 5.41) is 17.9. The van der Waals surface area contributed by atoms with Crippen molar-refractivity contribution in [1.29, 1.82) is 0 Å². The number of nitrogens with zero attached hydrogens (tertiary/aromatic N) is 5. The Morgan fingerprint density at radius 1 is 1.35 bits per heavy atom. The van der Waals surface area contributed by atoms with Crippen LogP contribution in [0.15, 0.2) is 58.6 Å². The number of anilines is 1. The van der Waals surface area contributed by atoms with Gasteiger partial charge in [-0.05, 0) is 18.4 Å². The zero-order chi connectivity index (χ0) is 26.1. The van der Waals surface area contributed by atoms with Gasteiger partial charge in [-0.2, -0.15) is 4.57 Å². The van der Waals surface area contributed by atoms with Crippen LogP contribution in [-0.2, 0) is 25.8 Å². The Kier molecular flexibility index (Phi) is 6.76. The molecule has 4 N–H and O–H groups in total. The predicted molar refractivity (Wildman–Crippen MR) is 136 cm³/mol. The van der Waals surface area contributed by atoms with Crippen molar-refractivity contribution in [3.63, 3.8) is 0 Å². The molecule has 0 saturated carbocycles. The summed E-state index contributed by atoms with van der Waals surface area (Å²) in [7, 11) is 0. The number of β-lactam (4-membered cyclic amide) rings is 1. The number of oxime groups is 1. The van der Waals surface area contributed by atoms with Crippen molar-refractivity contribution in [2.75, 3.05) is 18.1 Å². The molecule has 190 valence electrons. The fourth-order valence-electron chi connectivity index (χ4n) is 4.16. The van der Waals surface area contributed by atoms with Crippen LogP contribution in [0.4, 0.5) is 5.95 Å². The highest BCUT2D eigenvalue weighted by Gasteiger charge is 2.54. The standard InChI is InChI=1S/C23H21N7O5S2/c1-2-35-28-16(12-8-25-23(24)26-9-12)19(31)27-17-20(32)30-18(22(33)34)13(11-37-21(17)30)10-29-6-3-4-15-14(29)5-7-36-15/h3-9,17,21H,2,10-11H2,1H3,(H3-,24,25,26,27,28,31,33,34)/p+1/t17?,21-/m0/s1. The Morgan fingerprint density at radius 3 is 2.86 bits per heavy atom. The van der Waals surface area contributed by atoms with Gasteiger partial charge >= 0.3 is 5.97 Å². The Morgan fingerprint density at radius 2 is 2.14 bits per heavy atom. The average Bonchev–Trinajstić information content (AvgIpc) is 3.38. The van der Waals surface area contributed by atoms with Crippen molar-refractivity contribution in [3.8, 4) is 0 Å². The lowest BCUT2D eigenvalue weighted by Gasteiger charge is -2.49. The number of carbonyl (C=O) groups excluding carboxylic acids is 2. The van der Waals surface area contributed by atoms with Crippen LogP contribution in [0.5, 0.6) is 0 Å². The monoisotopic (exact) mass is 540 g/mol. The molecule has 12 nitrogen and oxygen atoms in total. The van der Waals surface area contributed by atoms with Gasteiger partial charge in [0.05, 0.1) is 4.70 Å². The molecule has 0 aliphatic carbocycles. The van der Waals surface area contributed by atoms with E-state index < -0.39 is 29.2 Å². The third-order valence-electron chi connectivity index (χ3n) is 5.84. The predicted octanol–water partition coefficient (Wildman–Crippen LogP) is 0.740. The number of carboxylic acid groups (broad SMARTS) is 1. The van der Waals surface area contributed by atoms with Crippen molar-refractivity contribution < 1.29 is 28.9 Å². The number of nitrogens with two attached hydrogens (primary N) is 1. The number of thioether (sulfide) groups is 1. The zero-order valence-corrected chi connectivity index (χ0v) is 21.2. The number of nitrogens with one attached hydrogen (secondary N) is 1. The molecule has 3 aromatic heterocycles. The van der Waals surface area contributed by atoms with Crippen LogP contribution in [0.2, 0.25) is 0 Å². The van der Waals surface area contributed by atoms with Crippen LogP contribution in [0, 0.1) is 0 Å². The highest BCUT2D eigenvalue weighted by molar-refractivity contribution is 8.00. The summed E-state index contributed by atoms with van der Waals surface area (Å²) in [5.41, 5.74) is 7.22. The lowest BCUT2D eigenvalue weighted by atomic mass is 10.0. The van der Waals surface area contributed by atoms with Crippen LogP contribution < -0.4 is 15.6 Å². The molecule has 0 radical (unpaired) electrons. The number of thiophene rings is 1. The van der Waals surface area contributed by atoms with Crippen LogP contribution >= 0.6 is 23.1 Å². The molecule has 2 amide bonds. The highest BCUT2D eigenvalue weighted by atomic mass is 32.2. The molecule has 14 heteroatoms. The second-order valence-electron chi connectivity index (χ2n) is 8.11. The number of fused-ring (bicyclic) bond motifs is 2. The highest BCUT2D eigenvalue weighted by Crippen LogP contribution is 2.40. The van der Waals surface area contributed by atoms with Gasteiger partial charge in [-0.3, -0.25) is 14.5 Å². The van der Waals surface area contributed by atoms with Gasteiger partial charge in [-0.15, -0.1) is 23.1 Å². The maximum atomic E-state index is 13.1. The molecule has 3 aromatic rings. The van der Waals surface area contributed by atoms with E-state index in [-0.39, 0.29) is 29.5 Å². The normalized spacial score (nSPS) is 19.4. The number of amides is 2. The summed E-state index contributed by atoms with van der Waals surface area (Å²) < 4.78 is 3.06. The van der Waals surface area contributed by atoms with E-state index in [9.17, 15) is 19.5 Å². The minimum Gasteiger partial charge on any atom is -0.477 e. The van der Waals surface area contributed by atoms with Gasteiger partial charge in [0.1, 0.15) is 23.7 Å². The van der Waals surface area contributed by atoms with E-state index in [0.29, 0.717) is 17.9 Å². The third-order valence-corrected chi connectivity index (χ3v) is 8.05. The molecule has 2 atom stereocenters. The summed E-state index contributed by atoms with van der Waals surface area (Å²) in [6.07, 6.45) is 4.54. The SMILES string of the molecule is CCON=C(C(=O)NC1C(=O)N2C(C(=O)O)=C(C[n+]3cccc4sccc43)CS[C@@H]12)c1cnc(N)nc1. The van der Waals surface area contributed by atoms with Crippen molar-refractivity contribution in [3.05, 3.63) is 59.0 Å². The molecular formula is C23H22N7O5S2+. The summed E-state index contributed by atoms with van der Waals surface area (Å²) in [6, 6.07) is 4.96. The number of nitrogen functional groups attached to an aromatic ring is 1. The van der Waals surface area contributed by atoms with Crippen molar-refractivity contribution in [2.45, 2.75) is 24.9 Å². The fourth-order valence-corrected chi connectivity index (χ4v) is 6.31. The summed E-state index contributed by atoms with van der Waals surface area (Å²) in [6.45, 7) is 2.26. The summed E-state index contributed by atoms with van der Waals surface area (Å²) in [5.74, 6) is -1.95. The van der Waals surface area contributed by atoms with E-state index in [2.05, 4.69) is 20.4 Å². The number of hydrogen-bond acceptors (Lipinski definition) is 10. The number of aliphatic carboxylic acids is 1. The maximum absolute atomic E-state index is 13.1. The second kappa shape index (κ2) is 10.1. The lowest BCUT2D eigenvalue weighted by molar-refractivity contribution is -0.663.